The Kier molecular flexibility index (Phi) is 35.0. The van der Waals surface area contributed by atoms with Gasteiger partial charge in [-0.05, 0) is 12.8 Å². The minimum absolute atomic E-state index is 0.00652. The zero-order valence-corrected chi connectivity index (χ0v) is 26.7. The number of ether oxygens (including phenoxy) is 4. The van der Waals surface area contributed by atoms with E-state index in [1.165, 1.54) is 0 Å². The zero-order chi connectivity index (χ0) is 30.3. The summed E-state index contributed by atoms with van der Waals surface area (Å²) in [4.78, 5) is 50.2. The second-order valence-electron chi connectivity index (χ2n) is 8.44. The van der Waals surface area contributed by atoms with Gasteiger partial charge in [-0.15, -0.1) is 0 Å². The molecule has 0 aromatic rings. The molecular weight excluding hydrogens is 596 g/mol. The number of methoxy groups -OCH3 is 4. The van der Waals surface area contributed by atoms with E-state index in [0.717, 1.165) is 25.7 Å². The fourth-order valence-corrected chi connectivity index (χ4v) is 3.01. The summed E-state index contributed by atoms with van der Waals surface area (Å²) in [5.41, 5.74) is 0. The van der Waals surface area contributed by atoms with Gasteiger partial charge in [-0.25, -0.2) is 0 Å². The van der Waals surface area contributed by atoms with Gasteiger partial charge in [0, 0.05) is 67.5 Å². The van der Waals surface area contributed by atoms with Crippen molar-refractivity contribution < 1.29 is 63.4 Å². The Hall–Kier alpha value is -1.59. The Morgan fingerprint density at radius 3 is 1.03 bits per heavy atom. The summed E-state index contributed by atoms with van der Waals surface area (Å²) in [7, 11) is 6.35. The molecule has 0 aromatic heterocycles. The quantitative estimate of drug-likeness (QED) is 0.127. The molecule has 0 spiro atoms. The Bertz CT molecular complexity index is 607. The van der Waals surface area contributed by atoms with Gasteiger partial charge in [0.05, 0.1) is 39.3 Å². The van der Waals surface area contributed by atoms with Gasteiger partial charge < -0.3 is 28.7 Å². The van der Waals surface area contributed by atoms with E-state index in [-0.39, 0.29) is 36.2 Å². The predicted octanol–water partition coefficient (Wildman–Crippen LogP) is 2.27. The number of unbranched alkanes of at least 4 members (excludes halogenated alkanes) is 2. The summed E-state index contributed by atoms with van der Waals surface area (Å²) in [6.07, 6.45) is 4.61. The van der Waals surface area contributed by atoms with Crippen molar-refractivity contribution in [2.45, 2.75) is 65.2 Å². The third kappa shape index (κ3) is 29.2. The van der Waals surface area contributed by atoms with Crippen molar-refractivity contribution in [1.82, 2.24) is 9.80 Å². The van der Waals surface area contributed by atoms with Gasteiger partial charge in [0.1, 0.15) is 11.6 Å². The molecule has 0 N–H and O–H groups in total. The first-order valence-corrected chi connectivity index (χ1v) is 14.8. The molecule has 0 saturated heterocycles. The molecule has 0 heterocycles. The van der Waals surface area contributed by atoms with Crippen LogP contribution in [-0.4, -0.2) is 114 Å². The third-order valence-corrected chi connectivity index (χ3v) is 5.28. The van der Waals surface area contributed by atoms with Gasteiger partial charge in [0.15, 0.2) is 0 Å². The van der Waals surface area contributed by atoms with Crippen LogP contribution in [-0.2, 0) is 63.4 Å². The van der Waals surface area contributed by atoms with Gasteiger partial charge in [0.2, 0.25) is 11.8 Å². The molecule has 0 atom stereocenters. The summed E-state index contributed by atoms with van der Waals surface area (Å²) in [6, 6.07) is 0. The summed E-state index contributed by atoms with van der Waals surface area (Å²) in [5.74, 6) is -0.237. The molecule has 0 aliphatic heterocycles. The molecule has 39 heavy (non-hydrogen) atoms. The maximum atomic E-state index is 11.9. The van der Waals surface area contributed by atoms with E-state index in [0.29, 0.717) is 65.4 Å². The van der Waals surface area contributed by atoms with E-state index in [1.807, 2.05) is 13.8 Å². The first-order valence-electron chi connectivity index (χ1n) is 13.2. The molecule has 0 aliphatic carbocycles. The Labute approximate surface area is 242 Å². The van der Waals surface area contributed by atoms with Gasteiger partial charge in [0.25, 0.3) is 0 Å². The van der Waals surface area contributed by atoms with Gasteiger partial charge in [-0.2, -0.15) is 0 Å². The zero-order valence-electron chi connectivity index (χ0n) is 24.7. The van der Waals surface area contributed by atoms with Crippen LogP contribution < -0.4 is 0 Å². The number of Topliss-reactive ketones (excluding diaryl/α,β-unsaturated/α-hetero) is 2. The molecule has 0 rings (SSSR count). The average Bonchev–Trinajstić information content (AvgIpc) is 2.91. The van der Waals surface area contributed by atoms with E-state index in [2.05, 4.69) is 0 Å². The topological polar surface area (TPSA) is 146 Å². The van der Waals surface area contributed by atoms with Crippen LogP contribution in [0.1, 0.15) is 65.2 Å². The number of hydrogen-bond donors (Lipinski definition) is 0. The molecule has 13 heteroatoms. The van der Waals surface area contributed by atoms with E-state index in [1.54, 1.807) is 38.2 Å². The maximum absolute atomic E-state index is 11.9. The molecule has 12 nitrogen and oxygen atoms in total. The number of rotatable bonds is 22. The first kappa shape index (κ1) is 41.9. The van der Waals surface area contributed by atoms with E-state index in [9.17, 15) is 19.2 Å². The Morgan fingerprint density at radius 1 is 0.564 bits per heavy atom. The number of nitrogens with zero attached hydrogens (tertiary/aromatic N) is 2. The molecule has 0 radical (unpaired) electrons. The Morgan fingerprint density at radius 2 is 0.821 bits per heavy atom. The van der Waals surface area contributed by atoms with Crippen molar-refractivity contribution in [1.29, 1.82) is 0 Å². The van der Waals surface area contributed by atoms with Gasteiger partial charge >= 0.3 is 25.3 Å². The number of ketones is 2. The summed E-state index contributed by atoms with van der Waals surface area (Å²) in [5, 5.41) is 0. The van der Waals surface area contributed by atoms with Crippen LogP contribution in [0.15, 0.2) is 0 Å². The van der Waals surface area contributed by atoms with Crippen molar-refractivity contribution in [3.05, 3.63) is 0 Å². The second-order valence-corrected chi connectivity index (χ2v) is 8.77. The van der Waals surface area contributed by atoms with E-state index in [4.69, 9.17) is 25.7 Å². The molecule has 0 bridgehead atoms. The summed E-state index contributed by atoms with van der Waals surface area (Å²) in [6.45, 7) is 7.94. The van der Waals surface area contributed by atoms with Crippen LogP contribution in [0.5, 0.6) is 0 Å². The third-order valence-electron chi connectivity index (χ3n) is 5.28. The first-order chi connectivity index (χ1) is 18.7. The van der Waals surface area contributed by atoms with E-state index < -0.39 is 18.5 Å². The van der Waals surface area contributed by atoms with Crippen LogP contribution in [0.4, 0.5) is 0 Å². The fraction of sp³-hybridized carbons (Fsp3) is 0.846. The van der Waals surface area contributed by atoms with Crippen LogP contribution in [0, 0.1) is 0 Å². The molecular formula is C26H50MoN2O10. The molecule has 2 amide bonds. The Balaban J connectivity index is -0.000000603. The standard InChI is InChI=1S/2C13H25NO4.Mo.2O/c2*1-4-5-6-12(15)11-13(16)14(7-9-17-2)8-10-18-3;;;/h2*4-11H2,1-3H3;;;. The minimum atomic E-state index is -2.03. The van der Waals surface area contributed by atoms with Crippen molar-refractivity contribution in [3.8, 4) is 0 Å². The fourth-order valence-electron chi connectivity index (χ4n) is 3.01. The molecule has 0 saturated carbocycles. The van der Waals surface area contributed by atoms with E-state index >= 15 is 0 Å². The molecule has 0 fully saturated rings. The molecule has 0 aromatic carbocycles. The second kappa shape index (κ2) is 32.6. The van der Waals surface area contributed by atoms with Crippen molar-refractivity contribution >= 4 is 23.4 Å². The van der Waals surface area contributed by atoms with Crippen LogP contribution in [0.2, 0.25) is 0 Å². The van der Waals surface area contributed by atoms with Crippen molar-refractivity contribution in [2.75, 3.05) is 81.0 Å². The van der Waals surface area contributed by atoms with Crippen LogP contribution in [0.3, 0.4) is 0 Å². The molecule has 0 aliphatic rings. The van der Waals surface area contributed by atoms with Crippen LogP contribution in [0.25, 0.3) is 0 Å². The molecule has 0 unspecified atom stereocenters. The van der Waals surface area contributed by atoms with Gasteiger partial charge in [-0.1, -0.05) is 26.7 Å². The number of carbonyl (C=O) groups is 4. The molecule has 230 valence electrons. The number of hydrogen-bond acceptors (Lipinski definition) is 10. The van der Waals surface area contributed by atoms with Crippen molar-refractivity contribution in [2.24, 2.45) is 0 Å². The van der Waals surface area contributed by atoms with Crippen molar-refractivity contribution in [3.63, 3.8) is 0 Å². The summed E-state index contributed by atoms with van der Waals surface area (Å²) >= 11 is -2.03. The monoisotopic (exact) mass is 648 g/mol. The van der Waals surface area contributed by atoms with Crippen LogP contribution >= 0.6 is 0 Å². The number of carbonyl (C=O) groups excluding carboxylic acids is 4. The van der Waals surface area contributed by atoms with Gasteiger partial charge in [-0.3, -0.25) is 19.2 Å². The SMILES string of the molecule is CCCCC(=O)CC(=O)N(CCOC)CCOC.CCCCC(=O)CC(=O)N(CCOC)CCOC.[O]=[Mo]=[O]. The normalized spacial score (nSPS) is 9.90. The predicted molar refractivity (Wildman–Crippen MR) is 140 cm³/mol. The summed E-state index contributed by atoms with van der Waals surface area (Å²) < 4.78 is 36.8. The number of amides is 2. The average molecular weight is 647 g/mol.